The number of nitrogens with zero attached hydrogens (tertiary/aromatic N) is 2. The molecule has 3 aromatic carbocycles. The van der Waals surface area contributed by atoms with Crippen LogP contribution >= 0.6 is 0 Å². The summed E-state index contributed by atoms with van der Waals surface area (Å²) in [4.78, 5) is 19.8. The van der Waals surface area contributed by atoms with Gasteiger partial charge in [0, 0.05) is 30.4 Å². The lowest BCUT2D eigenvalue weighted by molar-refractivity contribution is 0.0865. The number of carbonyl (C=O) groups is 1. The summed E-state index contributed by atoms with van der Waals surface area (Å²) in [7, 11) is 0. The third-order valence-electron chi connectivity index (χ3n) is 6.43. The molecule has 0 amide bonds. The van der Waals surface area contributed by atoms with Gasteiger partial charge in [-0.15, -0.1) is 0 Å². The number of benzene rings is 3. The van der Waals surface area contributed by atoms with Crippen molar-refractivity contribution in [3.63, 3.8) is 0 Å². The Hall–Kier alpha value is -4.22. The number of pyridine rings is 1. The molecule has 0 saturated heterocycles. The summed E-state index contributed by atoms with van der Waals surface area (Å²) < 4.78 is 12.2. The van der Waals surface area contributed by atoms with E-state index in [0.717, 1.165) is 39.3 Å². The number of aromatic nitrogens is 1. The number of ketones is 1. The summed E-state index contributed by atoms with van der Waals surface area (Å²) >= 11 is 0. The number of Topliss-reactive ketones (excluding diaryl/α,β-unsaturated/α-hetero) is 1. The van der Waals surface area contributed by atoms with Gasteiger partial charge in [-0.25, -0.2) is 0 Å². The van der Waals surface area contributed by atoms with Crippen molar-refractivity contribution in [2.24, 2.45) is 0 Å². The molecule has 0 saturated carbocycles. The Morgan fingerprint density at radius 3 is 2.49 bits per heavy atom. The summed E-state index contributed by atoms with van der Waals surface area (Å²) in [5, 5.41) is 0. The van der Waals surface area contributed by atoms with E-state index in [-0.39, 0.29) is 5.78 Å². The highest BCUT2D eigenvalue weighted by Crippen LogP contribution is 2.43. The van der Waals surface area contributed by atoms with Crippen molar-refractivity contribution >= 4 is 11.9 Å². The molecule has 0 aliphatic carbocycles. The lowest BCUT2D eigenvalue weighted by atomic mass is 9.99. The minimum Gasteiger partial charge on any atom is -0.477 e. The molecule has 0 unspecified atom stereocenters. The van der Waals surface area contributed by atoms with E-state index in [1.807, 2.05) is 67.6 Å². The zero-order valence-electron chi connectivity index (χ0n) is 19.4. The first-order valence-electron chi connectivity index (χ1n) is 11.7. The van der Waals surface area contributed by atoms with Gasteiger partial charge in [-0.3, -0.25) is 14.7 Å². The fourth-order valence-electron chi connectivity index (χ4n) is 4.67. The van der Waals surface area contributed by atoms with Crippen LogP contribution < -0.4 is 9.47 Å². The number of hydrogen-bond donors (Lipinski definition) is 0. The van der Waals surface area contributed by atoms with Crippen molar-refractivity contribution in [1.82, 2.24) is 9.88 Å². The van der Waals surface area contributed by atoms with Gasteiger partial charge in [0.2, 0.25) is 5.78 Å². The second-order valence-corrected chi connectivity index (χ2v) is 8.88. The highest BCUT2D eigenvalue weighted by molar-refractivity contribution is 6.15. The maximum atomic E-state index is 13.2. The van der Waals surface area contributed by atoms with Gasteiger partial charge in [0.1, 0.15) is 18.2 Å². The van der Waals surface area contributed by atoms with E-state index in [2.05, 4.69) is 34.1 Å². The van der Waals surface area contributed by atoms with Crippen LogP contribution in [-0.4, -0.2) is 22.4 Å². The number of fused-ring (bicyclic) bond motifs is 2. The SMILES string of the molecule is Cc1c2c(cc3c1O/C(=C\c1ccc(-c4ccccc4)cc1)C3=O)CN(Cc1ccccn1)CO2. The Morgan fingerprint density at radius 1 is 0.943 bits per heavy atom. The van der Waals surface area contributed by atoms with Gasteiger partial charge in [-0.05, 0) is 47.9 Å². The predicted octanol–water partition coefficient (Wildman–Crippen LogP) is 6.03. The molecule has 172 valence electrons. The summed E-state index contributed by atoms with van der Waals surface area (Å²) in [5.41, 5.74) is 6.65. The van der Waals surface area contributed by atoms with Gasteiger partial charge in [-0.2, -0.15) is 0 Å². The van der Waals surface area contributed by atoms with E-state index < -0.39 is 0 Å². The van der Waals surface area contributed by atoms with Crippen LogP contribution in [0.15, 0.2) is 90.8 Å². The topological polar surface area (TPSA) is 51.7 Å². The first-order valence-corrected chi connectivity index (χ1v) is 11.7. The number of allylic oxidation sites excluding steroid dienone is 1. The van der Waals surface area contributed by atoms with E-state index in [1.54, 1.807) is 6.20 Å². The normalized spacial score (nSPS) is 15.9. The predicted molar refractivity (Wildman–Crippen MR) is 135 cm³/mol. The minimum atomic E-state index is -0.0973. The van der Waals surface area contributed by atoms with E-state index >= 15 is 0 Å². The summed E-state index contributed by atoms with van der Waals surface area (Å²) in [6, 6.07) is 26.2. The molecule has 0 N–H and O–H groups in total. The zero-order valence-corrected chi connectivity index (χ0v) is 19.4. The smallest absolute Gasteiger partial charge is 0.231 e. The quantitative estimate of drug-likeness (QED) is 0.348. The Kier molecular flexibility index (Phi) is 5.39. The Labute approximate surface area is 204 Å². The summed E-state index contributed by atoms with van der Waals surface area (Å²) in [6.07, 6.45) is 3.61. The molecule has 1 aromatic heterocycles. The van der Waals surface area contributed by atoms with Crippen molar-refractivity contribution in [3.8, 4) is 22.6 Å². The van der Waals surface area contributed by atoms with Crippen molar-refractivity contribution in [2.75, 3.05) is 6.73 Å². The molecule has 5 nitrogen and oxygen atoms in total. The molecule has 4 aromatic rings. The van der Waals surface area contributed by atoms with Crippen LogP contribution in [-0.2, 0) is 13.1 Å². The van der Waals surface area contributed by atoms with Crippen LogP contribution in [0.4, 0.5) is 0 Å². The van der Waals surface area contributed by atoms with Crippen LogP contribution in [0.3, 0.4) is 0 Å². The molecule has 5 heteroatoms. The van der Waals surface area contributed by atoms with Crippen LogP contribution in [0.25, 0.3) is 17.2 Å². The number of rotatable bonds is 4. The highest BCUT2D eigenvalue weighted by atomic mass is 16.5. The van der Waals surface area contributed by atoms with Gasteiger partial charge < -0.3 is 9.47 Å². The molecular formula is C30H24N2O3. The maximum absolute atomic E-state index is 13.2. The molecular weight excluding hydrogens is 436 g/mol. The van der Waals surface area contributed by atoms with Crippen LogP contribution in [0.2, 0.25) is 0 Å². The van der Waals surface area contributed by atoms with Gasteiger partial charge >= 0.3 is 0 Å². The molecule has 0 atom stereocenters. The summed E-state index contributed by atoms with van der Waals surface area (Å²) in [6.45, 7) is 3.79. The van der Waals surface area contributed by atoms with Gasteiger partial charge in [-0.1, -0.05) is 60.7 Å². The molecule has 3 heterocycles. The Bertz CT molecular complexity index is 1430. The van der Waals surface area contributed by atoms with E-state index in [9.17, 15) is 4.79 Å². The monoisotopic (exact) mass is 460 g/mol. The molecule has 0 radical (unpaired) electrons. The third kappa shape index (κ3) is 4.11. The summed E-state index contributed by atoms with van der Waals surface area (Å²) in [5.74, 6) is 1.64. The van der Waals surface area contributed by atoms with E-state index in [0.29, 0.717) is 36.9 Å². The molecule has 2 aliphatic rings. The second-order valence-electron chi connectivity index (χ2n) is 8.88. The number of hydrogen-bond acceptors (Lipinski definition) is 5. The molecule has 0 bridgehead atoms. The fourth-order valence-corrected chi connectivity index (χ4v) is 4.67. The molecule has 0 spiro atoms. The maximum Gasteiger partial charge on any atom is 0.231 e. The number of carbonyl (C=O) groups excluding carboxylic acids is 1. The van der Waals surface area contributed by atoms with Crippen molar-refractivity contribution in [2.45, 2.75) is 20.0 Å². The van der Waals surface area contributed by atoms with Gasteiger partial charge in [0.15, 0.2) is 5.76 Å². The lowest BCUT2D eigenvalue weighted by Crippen LogP contribution is -2.32. The van der Waals surface area contributed by atoms with Crippen molar-refractivity contribution in [3.05, 3.63) is 119 Å². The third-order valence-corrected chi connectivity index (χ3v) is 6.43. The van der Waals surface area contributed by atoms with Crippen LogP contribution in [0.1, 0.15) is 32.7 Å². The Morgan fingerprint density at radius 2 is 1.71 bits per heavy atom. The average molecular weight is 461 g/mol. The largest absolute Gasteiger partial charge is 0.477 e. The fraction of sp³-hybridized carbons (Fsp3) is 0.133. The van der Waals surface area contributed by atoms with Crippen LogP contribution in [0.5, 0.6) is 11.5 Å². The number of ether oxygens (including phenoxy) is 2. The standard InChI is InChI=1S/C30H24N2O3/c1-20-29-24(17-32(19-34-29)18-25-9-5-6-14-31-25)16-26-28(33)27(35-30(20)26)15-21-10-12-23(13-11-21)22-7-3-2-4-8-22/h2-16H,17-19H2,1H3/b27-15-. The molecule has 0 fully saturated rings. The first kappa shape index (κ1) is 21.3. The van der Waals surface area contributed by atoms with Crippen molar-refractivity contribution in [1.29, 1.82) is 0 Å². The molecule has 35 heavy (non-hydrogen) atoms. The first-order chi connectivity index (χ1) is 17.2. The van der Waals surface area contributed by atoms with E-state index in [4.69, 9.17) is 9.47 Å². The minimum absolute atomic E-state index is 0.0973. The van der Waals surface area contributed by atoms with E-state index in [1.165, 1.54) is 0 Å². The van der Waals surface area contributed by atoms with Gasteiger partial charge in [0.25, 0.3) is 0 Å². The van der Waals surface area contributed by atoms with Gasteiger partial charge in [0.05, 0.1) is 11.3 Å². The zero-order chi connectivity index (χ0) is 23.8. The lowest BCUT2D eigenvalue weighted by Gasteiger charge is -2.30. The highest BCUT2D eigenvalue weighted by Gasteiger charge is 2.33. The van der Waals surface area contributed by atoms with Crippen molar-refractivity contribution < 1.29 is 14.3 Å². The Balaban J connectivity index is 1.24. The second kappa shape index (κ2) is 8.85. The molecule has 2 aliphatic heterocycles. The average Bonchev–Trinajstić information content (AvgIpc) is 3.21. The van der Waals surface area contributed by atoms with Crippen LogP contribution in [0, 0.1) is 6.92 Å². The molecule has 6 rings (SSSR count).